The molecule has 1 aromatic heterocycles. The first kappa shape index (κ1) is 19.8. The average molecular weight is 413 g/mol. The number of amides is 2. The van der Waals surface area contributed by atoms with Crippen molar-refractivity contribution >= 4 is 23.2 Å². The summed E-state index contributed by atoms with van der Waals surface area (Å²) in [6.07, 6.45) is 1.40. The lowest BCUT2D eigenvalue weighted by Gasteiger charge is -2.08. The van der Waals surface area contributed by atoms with Gasteiger partial charge in [0.25, 0.3) is 11.8 Å². The second kappa shape index (κ2) is 8.91. The Hall–Kier alpha value is -4.46. The number of rotatable bonds is 6. The van der Waals surface area contributed by atoms with Crippen LogP contribution in [-0.2, 0) is 0 Å². The zero-order valence-electron chi connectivity index (χ0n) is 16.6. The lowest BCUT2D eigenvalue weighted by atomic mass is 10.2. The van der Waals surface area contributed by atoms with Gasteiger partial charge in [-0.3, -0.25) is 9.59 Å². The third kappa shape index (κ3) is 4.76. The van der Waals surface area contributed by atoms with Gasteiger partial charge in [-0.25, -0.2) is 0 Å². The Kier molecular flexibility index (Phi) is 5.70. The third-order valence-electron chi connectivity index (χ3n) is 4.46. The van der Waals surface area contributed by atoms with Gasteiger partial charge in [-0.15, -0.1) is 5.10 Å². The first-order valence-corrected chi connectivity index (χ1v) is 9.47. The largest absolute Gasteiger partial charge is 0.497 e. The van der Waals surface area contributed by atoms with E-state index in [0.717, 1.165) is 5.69 Å². The monoisotopic (exact) mass is 413 g/mol. The van der Waals surface area contributed by atoms with E-state index >= 15 is 0 Å². The van der Waals surface area contributed by atoms with Crippen LogP contribution in [0.25, 0.3) is 5.69 Å². The van der Waals surface area contributed by atoms with E-state index in [1.165, 1.54) is 11.0 Å². The number of aromatic nitrogens is 3. The van der Waals surface area contributed by atoms with Gasteiger partial charge in [-0.2, -0.15) is 9.90 Å². The van der Waals surface area contributed by atoms with E-state index in [9.17, 15) is 9.59 Å². The van der Waals surface area contributed by atoms with Gasteiger partial charge < -0.3 is 15.4 Å². The number of methoxy groups -OCH3 is 1. The SMILES string of the molecule is COc1ccc(NC(=O)c2ccc(NC(=O)c3cnn(-c4ccccc4)n3)cc2)cc1. The van der Waals surface area contributed by atoms with Crippen LogP contribution in [0.15, 0.2) is 85.1 Å². The molecule has 0 bridgehead atoms. The molecule has 0 aliphatic carbocycles. The number of carbonyl (C=O) groups is 2. The van der Waals surface area contributed by atoms with E-state index in [-0.39, 0.29) is 11.6 Å². The number of anilines is 2. The summed E-state index contributed by atoms with van der Waals surface area (Å²) in [6, 6.07) is 22.9. The predicted octanol–water partition coefficient (Wildman–Crippen LogP) is 3.78. The van der Waals surface area contributed by atoms with Crippen LogP contribution in [0.1, 0.15) is 20.8 Å². The highest BCUT2D eigenvalue weighted by Gasteiger charge is 2.13. The van der Waals surface area contributed by atoms with Crippen molar-refractivity contribution in [1.82, 2.24) is 15.0 Å². The Morgan fingerprint density at radius 1 is 0.806 bits per heavy atom. The van der Waals surface area contributed by atoms with Crippen molar-refractivity contribution in [3.63, 3.8) is 0 Å². The smallest absolute Gasteiger partial charge is 0.277 e. The maximum atomic E-state index is 12.5. The molecule has 31 heavy (non-hydrogen) atoms. The molecule has 2 amide bonds. The van der Waals surface area contributed by atoms with E-state index < -0.39 is 5.91 Å². The fourth-order valence-corrected chi connectivity index (χ4v) is 2.83. The molecule has 4 aromatic rings. The van der Waals surface area contributed by atoms with E-state index in [0.29, 0.717) is 22.7 Å². The molecular weight excluding hydrogens is 394 g/mol. The summed E-state index contributed by atoms with van der Waals surface area (Å²) in [5, 5.41) is 13.9. The molecule has 4 rings (SSSR count). The standard InChI is InChI=1S/C23H19N5O3/c1-31-20-13-11-18(12-14-20)25-22(29)16-7-9-17(10-8-16)26-23(30)21-15-24-28(27-21)19-5-3-2-4-6-19/h2-15H,1H3,(H,25,29)(H,26,30). The van der Waals surface area contributed by atoms with Gasteiger partial charge in [0.05, 0.1) is 19.0 Å². The quantitative estimate of drug-likeness (QED) is 0.501. The van der Waals surface area contributed by atoms with E-state index in [1.54, 1.807) is 55.6 Å². The highest BCUT2D eigenvalue weighted by Crippen LogP contribution is 2.17. The lowest BCUT2D eigenvalue weighted by molar-refractivity contribution is 0.101. The number of nitrogens with zero attached hydrogens (tertiary/aromatic N) is 3. The summed E-state index contributed by atoms with van der Waals surface area (Å²) in [5.74, 6) is 0.0633. The minimum absolute atomic E-state index is 0.185. The molecule has 1 heterocycles. The molecule has 0 saturated carbocycles. The maximum Gasteiger partial charge on any atom is 0.277 e. The summed E-state index contributed by atoms with van der Waals surface area (Å²) >= 11 is 0. The van der Waals surface area contributed by atoms with Gasteiger partial charge in [0, 0.05) is 16.9 Å². The van der Waals surface area contributed by atoms with Crippen molar-refractivity contribution < 1.29 is 14.3 Å². The highest BCUT2D eigenvalue weighted by atomic mass is 16.5. The van der Waals surface area contributed by atoms with Crippen molar-refractivity contribution in [2.45, 2.75) is 0 Å². The van der Waals surface area contributed by atoms with Gasteiger partial charge >= 0.3 is 0 Å². The highest BCUT2D eigenvalue weighted by molar-refractivity contribution is 6.05. The van der Waals surface area contributed by atoms with Gasteiger partial charge in [0.15, 0.2) is 5.69 Å². The number of benzene rings is 3. The molecule has 0 saturated heterocycles. The van der Waals surface area contributed by atoms with Crippen LogP contribution in [0, 0.1) is 0 Å². The third-order valence-corrected chi connectivity index (χ3v) is 4.46. The van der Waals surface area contributed by atoms with Crippen molar-refractivity contribution in [1.29, 1.82) is 0 Å². The van der Waals surface area contributed by atoms with Crippen molar-refractivity contribution in [2.24, 2.45) is 0 Å². The maximum absolute atomic E-state index is 12.5. The Bertz CT molecular complexity index is 1190. The van der Waals surface area contributed by atoms with Crippen molar-refractivity contribution in [3.8, 4) is 11.4 Å². The number of hydrogen-bond acceptors (Lipinski definition) is 5. The fourth-order valence-electron chi connectivity index (χ4n) is 2.83. The van der Waals surface area contributed by atoms with E-state index in [2.05, 4.69) is 20.8 Å². The average Bonchev–Trinajstić information content (AvgIpc) is 3.31. The zero-order chi connectivity index (χ0) is 21.6. The van der Waals surface area contributed by atoms with Gasteiger partial charge in [0.1, 0.15) is 5.75 Å². The molecule has 0 radical (unpaired) electrons. The van der Waals surface area contributed by atoms with Crippen LogP contribution < -0.4 is 15.4 Å². The normalized spacial score (nSPS) is 10.4. The summed E-state index contributed by atoms with van der Waals surface area (Å²) in [7, 11) is 1.58. The number of para-hydroxylation sites is 1. The summed E-state index contributed by atoms with van der Waals surface area (Å²) in [5.41, 5.74) is 2.60. The van der Waals surface area contributed by atoms with Crippen molar-refractivity contribution in [3.05, 3.63) is 96.3 Å². The minimum Gasteiger partial charge on any atom is -0.497 e. The van der Waals surface area contributed by atoms with Crippen LogP contribution in [-0.4, -0.2) is 33.9 Å². The van der Waals surface area contributed by atoms with Crippen LogP contribution in [0.4, 0.5) is 11.4 Å². The van der Waals surface area contributed by atoms with Crippen LogP contribution in [0.2, 0.25) is 0 Å². The molecule has 0 spiro atoms. The topological polar surface area (TPSA) is 98.1 Å². The lowest BCUT2D eigenvalue weighted by Crippen LogP contribution is -2.14. The molecule has 8 heteroatoms. The van der Waals surface area contributed by atoms with Crippen molar-refractivity contribution in [2.75, 3.05) is 17.7 Å². The van der Waals surface area contributed by atoms with Crippen LogP contribution in [0.3, 0.4) is 0 Å². The summed E-state index contributed by atoms with van der Waals surface area (Å²) in [6.45, 7) is 0. The van der Waals surface area contributed by atoms with E-state index in [1.807, 2.05) is 30.3 Å². The number of hydrogen-bond donors (Lipinski definition) is 2. The molecule has 0 atom stereocenters. The van der Waals surface area contributed by atoms with Gasteiger partial charge in [-0.05, 0) is 60.7 Å². The van der Waals surface area contributed by atoms with Gasteiger partial charge in [-0.1, -0.05) is 18.2 Å². The molecular formula is C23H19N5O3. The zero-order valence-corrected chi connectivity index (χ0v) is 16.6. The summed E-state index contributed by atoms with van der Waals surface area (Å²) in [4.78, 5) is 26.3. The number of ether oxygens (including phenoxy) is 1. The first-order chi connectivity index (χ1) is 15.1. The molecule has 0 aliphatic rings. The van der Waals surface area contributed by atoms with Gasteiger partial charge in [0.2, 0.25) is 0 Å². The molecule has 0 unspecified atom stereocenters. The van der Waals surface area contributed by atoms with Crippen LogP contribution in [0.5, 0.6) is 5.75 Å². The second-order valence-electron chi connectivity index (χ2n) is 6.57. The second-order valence-corrected chi connectivity index (χ2v) is 6.57. The predicted molar refractivity (Wildman–Crippen MR) is 117 cm³/mol. The fraction of sp³-hybridized carbons (Fsp3) is 0.0435. The number of carbonyl (C=O) groups excluding carboxylic acids is 2. The molecule has 3 aromatic carbocycles. The molecule has 154 valence electrons. The first-order valence-electron chi connectivity index (χ1n) is 9.47. The Morgan fingerprint density at radius 2 is 1.42 bits per heavy atom. The summed E-state index contributed by atoms with van der Waals surface area (Å²) < 4.78 is 5.10. The molecule has 0 aliphatic heterocycles. The Balaban J connectivity index is 1.38. The Morgan fingerprint density at radius 3 is 2.06 bits per heavy atom. The molecule has 2 N–H and O–H groups in total. The molecule has 8 nitrogen and oxygen atoms in total. The Labute approximate surface area is 178 Å². The molecule has 0 fully saturated rings. The van der Waals surface area contributed by atoms with E-state index in [4.69, 9.17) is 4.74 Å². The minimum atomic E-state index is -0.391. The van der Waals surface area contributed by atoms with Crippen LogP contribution >= 0.6 is 0 Å². The number of nitrogens with one attached hydrogen (secondary N) is 2.